The predicted octanol–water partition coefficient (Wildman–Crippen LogP) is 2.54. The molecule has 0 saturated carbocycles. The van der Waals surface area contributed by atoms with Gasteiger partial charge in [-0.15, -0.1) is 0 Å². The lowest BCUT2D eigenvalue weighted by Gasteiger charge is -2.07. The number of hydrogen-bond acceptors (Lipinski definition) is 4. The molecule has 0 spiro atoms. The minimum Gasteiger partial charge on any atom is -0.489 e. The van der Waals surface area contributed by atoms with Crippen LogP contribution in [-0.4, -0.2) is 14.7 Å². The van der Waals surface area contributed by atoms with Gasteiger partial charge in [0, 0.05) is 6.26 Å². The van der Waals surface area contributed by atoms with E-state index < -0.39 is 9.84 Å². The number of hydrogen-bond donors (Lipinski definition) is 0. The van der Waals surface area contributed by atoms with Crippen LogP contribution in [0.4, 0.5) is 0 Å². The van der Waals surface area contributed by atoms with E-state index in [9.17, 15) is 8.42 Å². The first kappa shape index (κ1) is 14.1. The number of rotatable bonds is 4. The molecule has 0 saturated heterocycles. The van der Waals surface area contributed by atoms with Crippen molar-refractivity contribution in [2.75, 3.05) is 6.26 Å². The summed E-state index contributed by atoms with van der Waals surface area (Å²) in [6.07, 6.45) is 1.17. The highest BCUT2D eigenvalue weighted by molar-refractivity contribution is 7.90. The van der Waals surface area contributed by atoms with E-state index in [1.807, 2.05) is 6.07 Å². The first-order valence-electron chi connectivity index (χ1n) is 5.91. The molecule has 5 heteroatoms. The van der Waals surface area contributed by atoms with Crippen molar-refractivity contribution in [2.24, 2.45) is 0 Å². The molecule has 2 aromatic carbocycles. The van der Waals surface area contributed by atoms with E-state index in [2.05, 4.69) is 0 Å². The van der Waals surface area contributed by atoms with Crippen molar-refractivity contribution in [3.05, 3.63) is 59.7 Å². The minimum atomic E-state index is -3.17. The molecule has 0 atom stereocenters. The second-order valence-corrected chi connectivity index (χ2v) is 6.36. The highest BCUT2D eigenvalue weighted by atomic mass is 32.2. The lowest BCUT2D eigenvalue weighted by molar-refractivity contribution is 0.306. The highest BCUT2D eigenvalue weighted by Crippen LogP contribution is 2.16. The third-order valence-corrected chi connectivity index (χ3v) is 3.85. The Kier molecular flexibility index (Phi) is 4.06. The van der Waals surface area contributed by atoms with Crippen molar-refractivity contribution < 1.29 is 13.2 Å². The number of nitrogens with zero attached hydrogens (tertiary/aromatic N) is 1. The van der Waals surface area contributed by atoms with Gasteiger partial charge in [0.15, 0.2) is 9.84 Å². The number of nitriles is 1. The third kappa shape index (κ3) is 3.59. The van der Waals surface area contributed by atoms with Crippen LogP contribution in [-0.2, 0) is 16.4 Å². The zero-order valence-corrected chi connectivity index (χ0v) is 11.7. The summed E-state index contributed by atoms with van der Waals surface area (Å²) < 4.78 is 28.2. The highest BCUT2D eigenvalue weighted by Gasteiger charge is 2.06. The molecule has 0 aliphatic heterocycles. The standard InChI is InChI=1S/C15H13NO3S/c1-20(17,18)15-7-5-12(6-8-15)11-19-14-4-2-3-13(9-14)10-16/h2-9H,11H2,1H3. The van der Waals surface area contributed by atoms with Crippen LogP contribution in [0.15, 0.2) is 53.4 Å². The van der Waals surface area contributed by atoms with Crippen LogP contribution in [0.5, 0.6) is 5.75 Å². The second-order valence-electron chi connectivity index (χ2n) is 4.34. The Morgan fingerprint density at radius 1 is 1.15 bits per heavy atom. The number of sulfone groups is 1. The predicted molar refractivity (Wildman–Crippen MR) is 75.0 cm³/mol. The second kappa shape index (κ2) is 5.76. The molecule has 2 aromatic rings. The van der Waals surface area contributed by atoms with E-state index in [4.69, 9.17) is 10.00 Å². The van der Waals surface area contributed by atoms with E-state index in [1.54, 1.807) is 48.5 Å². The Morgan fingerprint density at radius 2 is 1.85 bits per heavy atom. The molecule has 0 radical (unpaired) electrons. The van der Waals surface area contributed by atoms with Crippen LogP contribution in [0.1, 0.15) is 11.1 Å². The van der Waals surface area contributed by atoms with Gasteiger partial charge in [0.2, 0.25) is 0 Å². The fourth-order valence-electron chi connectivity index (χ4n) is 1.65. The summed E-state index contributed by atoms with van der Waals surface area (Å²) in [5.74, 6) is 0.608. The maximum absolute atomic E-state index is 11.3. The zero-order chi connectivity index (χ0) is 14.6. The van der Waals surface area contributed by atoms with E-state index >= 15 is 0 Å². The summed E-state index contributed by atoms with van der Waals surface area (Å²) in [6.45, 7) is 0.318. The zero-order valence-electron chi connectivity index (χ0n) is 10.9. The smallest absolute Gasteiger partial charge is 0.175 e. The molecule has 0 aliphatic rings. The fraction of sp³-hybridized carbons (Fsp3) is 0.133. The molecule has 20 heavy (non-hydrogen) atoms. The maximum Gasteiger partial charge on any atom is 0.175 e. The van der Waals surface area contributed by atoms with Crippen molar-refractivity contribution in [1.29, 1.82) is 5.26 Å². The van der Waals surface area contributed by atoms with Gasteiger partial charge in [0.05, 0.1) is 16.5 Å². The molecule has 0 heterocycles. The summed E-state index contributed by atoms with van der Waals surface area (Å²) in [6, 6.07) is 15.5. The summed E-state index contributed by atoms with van der Waals surface area (Å²) in [5.41, 5.74) is 1.40. The van der Waals surface area contributed by atoms with Gasteiger partial charge in [0.25, 0.3) is 0 Å². The van der Waals surface area contributed by atoms with Crippen LogP contribution in [0, 0.1) is 11.3 Å². The molecular formula is C15H13NO3S. The molecule has 102 valence electrons. The van der Waals surface area contributed by atoms with Gasteiger partial charge in [-0.3, -0.25) is 0 Å². The van der Waals surface area contributed by atoms with E-state index in [-0.39, 0.29) is 4.90 Å². The Hall–Kier alpha value is -2.32. The van der Waals surface area contributed by atoms with Crippen molar-refractivity contribution in [2.45, 2.75) is 11.5 Å². The van der Waals surface area contributed by atoms with Crippen LogP contribution in [0.25, 0.3) is 0 Å². The molecule has 0 aromatic heterocycles. The molecule has 0 fully saturated rings. The first-order valence-corrected chi connectivity index (χ1v) is 7.80. The van der Waals surface area contributed by atoms with Gasteiger partial charge in [-0.05, 0) is 35.9 Å². The van der Waals surface area contributed by atoms with Gasteiger partial charge in [0.1, 0.15) is 12.4 Å². The Labute approximate surface area is 118 Å². The monoisotopic (exact) mass is 287 g/mol. The van der Waals surface area contributed by atoms with Crippen molar-refractivity contribution in [3.63, 3.8) is 0 Å². The average molecular weight is 287 g/mol. The Morgan fingerprint density at radius 3 is 2.45 bits per heavy atom. The topological polar surface area (TPSA) is 67.2 Å². The Bertz CT molecular complexity index is 743. The number of ether oxygens (including phenoxy) is 1. The van der Waals surface area contributed by atoms with E-state index in [0.717, 1.165) is 5.56 Å². The van der Waals surface area contributed by atoms with Gasteiger partial charge < -0.3 is 4.74 Å². The lowest BCUT2D eigenvalue weighted by atomic mass is 10.2. The van der Waals surface area contributed by atoms with Crippen LogP contribution in [0.3, 0.4) is 0 Å². The number of benzene rings is 2. The third-order valence-electron chi connectivity index (χ3n) is 2.72. The molecule has 2 rings (SSSR count). The molecule has 0 bridgehead atoms. The molecule has 0 amide bonds. The SMILES string of the molecule is CS(=O)(=O)c1ccc(COc2cccc(C#N)c2)cc1. The van der Waals surface area contributed by atoms with Gasteiger partial charge in [-0.1, -0.05) is 18.2 Å². The van der Waals surface area contributed by atoms with Gasteiger partial charge in [-0.2, -0.15) is 5.26 Å². The van der Waals surface area contributed by atoms with Crippen LogP contribution < -0.4 is 4.74 Å². The minimum absolute atomic E-state index is 0.285. The molecular weight excluding hydrogens is 274 g/mol. The average Bonchev–Trinajstić information content (AvgIpc) is 2.45. The lowest BCUT2D eigenvalue weighted by Crippen LogP contribution is -1.99. The van der Waals surface area contributed by atoms with E-state index in [0.29, 0.717) is 17.9 Å². The quantitative estimate of drug-likeness (QED) is 0.866. The largest absolute Gasteiger partial charge is 0.489 e. The summed E-state index contributed by atoms with van der Waals surface area (Å²) in [5, 5.41) is 8.79. The summed E-state index contributed by atoms with van der Waals surface area (Å²) in [4.78, 5) is 0.285. The molecule has 4 nitrogen and oxygen atoms in total. The van der Waals surface area contributed by atoms with Crippen molar-refractivity contribution in [1.82, 2.24) is 0 Å². The molecule has 0 aliphatic carbocycles. The Balaban J connectivity index is 2.06. The van der Waals surface area contributed by atoms with Gasteiger partial charge >= 0.3 is 0 Å². The maximum atomic E-state index is 11.3. The summed E-state index contributed by atoms with van der Waals surface area (Å²) in [7, 11) is -3.17. The van der Waals surface area contributed by atoms with E-state index in [1.165, 1.54) is 6.26 Å². The molecule has 0 N–H and O–H groups in total. The van der Waals surface area contributed by atoms with Crippen molar-refractivity contribution >= 4 is 9.84 Å². The normalized spacial score (nSPS) is 10.8. The van der Waals surface area contributed by atoms with Crippen LogP contribution in [0.2, 0.25) is 0 Å². The first-order chi connectivity index (χ1) is 9.49. The summed E-state index contributed by atoms with van der Waals surface area (Å²) >= 11 is 0. The fourth-order valence-corrected chi connectivity index (χ4v) is 2.29. The van der Waals surface area contributed by atoms with Crippen molar-refractivity contribution in [3.8, 4) is 11.8 Å². The molecule has 0 unspecified atom stereocenters. The van der Waals surface area contributed by atoms with Gasteiger partial charge in [-0.25, -0.2) is 8.42 Å². The van der Waals surface area contributed by atoms with Crippen LogP contribution >= 0.6 is 0 Å².